The van der Waals surface area contributed by atoms with Gasteiger partial charge < -0.3 is 0 Å². The van der Waals surface area contributed by atoms with E-state index in [4.69, 9.17) is 0 Å². The third-order valence-electron chi connectivity index (χ3n) is 3.11. The van der Waals surface area contributed by atoms with Crippen molar-refractivity contribution in [3.63, 3.8) is 0 Å². The van der Waals surface area contributed by atoms with Gasteiger partial charge in [-0.3, -0.25) is 0 Å². The zero-order valence-electron chi connectivity index (χ0n) is 9.44. The predicted molar refractivity (Wildman–Crippen MR) is 72.4 cm³/mol. The van der Waals surface area contributed by atoms with Crippen LogP contribution in [0, 0.1) is 0 Å². The Morgan fingerprint density at radius 2 is 1.00 bits per heavy atom. The van der Waals surface area contributed by atoms with Crippen LogP contribution in [0.15, 0.2) is 60.7 Å². The summed E-state index contributed by atoms with van der Waals surface area (Å²) in [6.07, 6.45) is -1.20. The summed E-state index contributed by atoms with van der Waals surface area (Å²) in [5.74, 6) is 0. The predicted octanol–water partition coefficient (Wildman–Crippen LogP) is 3.24. The molecule has 90 valence electrons. The van der Waals surface area contributed by atoms with Crippen molar-refractivity contribution in [1.29, 1.82) is 0 Å². The van der Waals surface area contributed by atoms with Gasteiger partial charge in [0.05, 0.1) is 0 Å². The Bertz CT molecular complexity index is 411. The normalized spacial score (nSPS) is 12.4. The van der Waals surface area contributed by atoms with Crippen LogP contribution in [0.2, 0.25) is 0 Å². The zero-order chi connectivity index (χ0) is 12.1. The first-order valence-electron chi connectivity index (χ1n) is 5.56. The van der Waals surface area contributed by atoms with E-state index >= 15 is 0 Å². The molecule has 0 saturated carbocycles. The van der Waals surface area contributed by atoms with E-state index in [1.165, 1.54) is 0 Å². The van der Waals surface area contributed by atoms with Crippen molar-refractivity contribution in [3.8, 4) is 0 Å². The Morgan fingerprint density at radius 1 is 0.647 bits per heavy atom. The van der Waals surface area contributed by atoms with Crippen molar-refractivity contribution in [2.75, 3.05) is 12.8 Å². The monoisotopic (exact) mass is 252 g/mol. The van der Waals surface area contributed by atoms with Crippen LogP contribution in [0.25, 0.3) is 0 Å². The molecule has 0 spiro atoms. The number of rotatable bonds is 4. The average molecular weight is 252 g/mol. The first-order chi connectivity index (χ1) is 8.33. The molecule has 0 atom stereocenters. The Kier molecular flexibility index (Phi) is 3.86. The van der Waals surface area contributed by atoms with E-state index in [-0.39, 0.29) is 0 Å². The molecule has 0 nitrogen and oxygen atoms in total. The van der Waals surface area contributed by atoms with Gasteiger partial charge in [0.25, 0.3) is 0 Å². The van der Waals surface area contributed by atoms with E-state index in [1.807, 2.05) is 60.7 Å². The minimum atomic E-state index is -2.83. The summed E-state index contributed by atoms with van der Waals surface area (Å²) in [5, 5.41) is 1.63. The first-order valence-corrected chi connectivity index (χ1v) is 7.98. The van der Waals surface area contributed by atoms with Crippen molar-refractivity contribution in [3.05, 3.63) is 60.7 Å². The molecule has 0 aromatic heterocycles. The van der Waals surface area contributed by atoms with Crippen LogP contribution < -0.4 is 10.6 Å². The van der Waals surface area contributed by atoms with Gasteiger partial charge in [0.15, 0.2) is 0 Å². The van der Waals surface area contributed by atoms with E-state index in [0.29, 0.717) is 0 Å². The van der Waals surface area contributed by atoms with Crippen LogP contribution in [0.4, 0.5) is 8.78 Å². The Balaban J connectivity index is 2.54. The third-order valence-corrected chi connectivity index (χ3v) is 6.90. The van der Waals surface area contributed by atoms with Crippen molar-refractivity contribution < 1.29 is 8.78 Å². The van der Waals surface area contributed by atoms with E-state index in [0.717, 1.165) is 10.6 Å². The molecular formula is C14H15F2P. The second kappa shape index (κ2) is 5.37. The number of hydrogen-bond acceptors (Lipinski definition) is 0. The molecule has 0 aliphatic carbocycles. The fraction of sp³-hybridized carbons (Fsp3) is 0.143. The second-order valence-corrected chi connectivity index (χ2v) is 7.93. The van der Waals surface area contributed by atoms with Gasteiger partial charge in [-0.25, -0.2) is 0 Å². The van der Waals surface area contributed by atoms with Crippen LogP contribution in [-0.2, 0) is 0 Å². The van der Waals surface area contributed by atoms with Crippen molar-refractivity contribution in [2.24, 2.45) is 0 Å². The van der Waals surface area contributed by atoms with Crippen LogP contribution in [0.1, 0.15) is 0 Å². The van der Waals surface area contributed by atoms with E-state index in [1.54, 1.807) is 0 Å². The Labute approximate surface area is 101 Å². The molecule has 0 bridgehead atoms. The molecule has 0 aliphatic heterocycles. The number of hydrogen-bond donors (Lipinski definition) is 0. The average Bonchev–Trinajstić information content (AvgIpc) is 2.43. The van der Waals surface area contributed by atoms with Gasteiger partial charge in [0, 0.05) is 0 Å². The van der Waals surface area contributed by atoms with Crippen LogP contribution in [-0.4, -0.2) is 12.8 Å². The summed E-state index contributed by atoms with van der Waals surface area (Å²) in [6.45, 7) is 0. The molecule has 0 N–H and O–H groups in total. The molecule has 0 saturated heterocycles. The molecule has 0 aliphatic rings. The molecule has 2 rings (SSSR count). The molecule has 2 aromatic carbocycles. The van der Waals surface area contributed by atoms with Crippen LogP contribution >= 0.6 is 7.26 Å². The Morgan fingerprint density at radius 3 is 1.29 bits per heavy atom. The van der Waals surface area contributed by atoms with Gasteiger partial charge in [-0.05, 0) is 0 Å². The van der Waals surface area contributed by atoms with Crippen molar-refractivity contribution in [1.82, 2.24) is 0 Å². The quantitative estimate of drug-likeness (QED) is 0.733. The van der Waals surface area contributed by atoms with Gasteiger partial charge in [-0.1, -0.05) is 0 Å². The summed E-state index contributed by atoms with van der Waals surface area (Å²) >= 11 is 0. The van der Waals surface area contributed by atoms with Gasteiger partial charge in [0.1, 0.15) is 0 Å². The Hall–Kier alpha value is -1.27. The standard InChI is InChI=1S/C14H15F2P/c15-11-17(12-16,13-7-3-1-4-8-13)14-9-5-2-6-10-14/h1-10,17H,11-12H2. The number of halogens is 2. The summed E-state index contributed by atoms with van der Waals surface area (Å²) < 4.78 is 27.0. The summed E-state index contributed by atoms with van der Waals surface area (Å²) in [7, 11) is -2.83. The van der Waals surface area contributed by atoms with E-state index < -0.39 is 20.1 Å². The van der Waals surface area contributed by atoms with Gasteiger partial charge in [-0.15, -0.1) is 0 Å². The molecule has 3 heteroatoms. The number of benzene rings is 2. The van der Waals surface area contributed by atoms with Crippen molar-refractivity contribution >= 4 is 17.9 Å². The fourth-order valence-corrected chi connectivity index (χ4v) is 4.71. The van der Waals surface area contributed by atoms with Crippen LogP contribution in [0.5, 0.6) is 0 Å². The van der Waals surface area contributed by atoms with Crippen molar-refractivity contribution in [2.45, 2.75) is 0 Å². The fourth-order valence-electron chi connectivity index (χ4n) is 2.03. The zero-order valence-corrected chi connectivity index (χ0v) is 10.4. The molecule has 2 aromatic rings. The summed E-state index contributed by atoms with van der Waals surface area (Å²) in [4.78, 5) is 0. The topological polar surface area (TPSA) is 0 Å². The molecule has 0 unspecified atom stereocenters. The van der Waals surface area contributed by atoms with Gasteiger partial charge >= 0.3 is 100 Å². The van der Waals surface area contributed by atoms with E-state index in [2.05, 4.69) is 0 Å². The van der Waals surface area contributed by atoms with E-state index in [9.17, 15) is 8.78 Å². The molecule has 17 heavy (non-hydrogen) atoms. The maximum absolute atomic E-state index is 13.5. The maximum atomic E-state index is 13.5. The molecule has 0 fully saturated rings. The SMILES string of the molecule is FC[PH](CF)(c1ccccc1)c1ccccc1. The number of alkyl halides is 2. The summed E-state index contributed by atoms with van der Waals surface area (Å²) in [5.41, 5.74) is 0. The summed E-state index contributed by atoms with van der Waals surface area (Å²) in [6, 6.07) is 18.4. The molecule has 0 heterocycles. The molecular weight excluding hydrogens is 237 g/mol. The molecule has 0 radical (unpaired) electrons. The molecule has 0 amide bonds. The van der Waals surface area contributed by atoms with Gasteiger partial charge in [-0.2, -0.15) is 0 Å². The minimum absolute atomic E-state index is 0.600. The van der Waals surface area contributed by atoms with Gasteiger partial charge in [0.2, 0.25) is 0 Å². The van der Waals surface area contributed by atoms with Crippen LogP contribution in [0.3, 0.4) is 0 Å². The third kappa shape index (κ3) is 2.23. The first kappa shape index (κ1) is 12.2. The second-order valence-electron chi connectivity index (χ2n) is 4.08.